The summed E-state index contributed by atoms with van der Waals surface area (Å²) in [6.45, 7) is 8.52. The minimum Gasteiger partial charge on any atom is -0.488 e. The monoisotopic (exact) mass is 477 g/mol. The Hall–Kier alpha value is -2.57. The van der Waals surface area contributed by atoms with Crippen molar-refractivity contribution >= 4 is 34.9 Å². The van der Waals surface area contributed by atoms with Gasteiger partial charge in [0.2, 0.25) is 5.91 Å². The molecule has 0 saturated carbocycles. The first-order valence-electron chi connectivity index (χ1n) is 10.2. The fourth-order valence-electron chi connectivity index (χ4n) is 3.17. The normalized spacial score (nSPS) is 11.5. The van der Waals surface area contributed by atoms with Crippen LogP contribution in [-0.4, -0.2) is 15.7 Å². The van der Waals surface area contributed by atoms with Crippen LogP contribution in [0.2, 0.25) is 10.0 Å². The molecule has 0 radical (unpaired) electrons. The van der Waals surface area contributed by atoms with Crippen molar-refractivity contribution in [3.8, 4) is 5.75 Å². The molecule has 1 N–H and O–H groups in total. The van der Waals surface area contributed by atoms with Gasteiger partial charge in [-0.3, -0.25) is 9.48 Å². The highest BCUT2D eigenvalue weighted by molar-refractivity contribution is 6.31. The molecular weight excluding hydrogens is 452 g/mol. The van der Waals surface area contributed by atoms with Crippen molar-refractivity contribution < 1.29 is 13.9 Å². The van der Waals surface area contributed by atoms with Gasteiger partial charge in [-0.2, -0.15) is 5.10 Å². The van der Waals surface area contributed by atoms with Crippen LogP contribution in [0.25, 0.3) is 0 Å². The van der Waals surface area contributed by atoms with Crippen molar-refractivity contribution in [1.82, 2.24) is 9.78 Å². The molecule has 8 heteroatoms. The van der Waals surface area contributed by atoms with Crippen molar-refractivity contribution in [2.24, 2.45) is 5.41 Å². The second-order valence-corrected chi connectivity index (χ2v) is 9.73. The number of amides is 1. The van der Waals surface area contributed by atoms with Gasteiger partial charge in [0.1, 0.15) is 18.2 Å². The first-order valence-corrected chi connectivity index (χ1v) is 11.0. The summed E-state index contributed by atoms with van der Waals surface area (Å²) in [6.07, 6.45) is 0.400. The van der Waals surface area contributed by atoms with E-state index in [1.165, 1.54) is 12.1 Å². The first-order chi connectivity index (χ1) is 15.0. The van der Waals surface area contributed by atoms with Crippen molar-refractivity contribution in [2.75, 3.05) is 5.32 Å². The molecule has 0 fully saturated rings. The van der Waals surface area contributed by atoms with E-state index in [1.54, 1.807) is 22.9 Å². The van der Waals surface area contributed by atoms with Gasteiger partial charge in [-0.1, -0.05) is 50.0 Å². The van der Waals surface area contributed by atoms with Crippen LogP contribution in [-0.2, 0) is 17.9 Å². The van der Waals surface area contributed by atoms with Crippen LogP contribution in [0.5, 0.6) is 5.75 Å². The summed E-state index contributed by atoms with van der Waals surface area (Å²) in [5, 5.41) is 8.24. The SMILES string of the molecule is Cc1cc(NC(=O)CC(C)(C)C)nn1Cc1cc(Cl)ccc1OCc1ccc(F)cc1Cl. The third kappa shape index (κ3) is 6.71. The Morgan fingerprint density at radius 1 is 1.12 bits per heavy atom. The number of aromatic nitrogens is 2. The van der Waals surface area contributed by atoms with Gasteiger partial charge in [0.05, 0.1) is 11.6 Å². The lowest BCUT2D eigenvalue weighted by atomic mass is 9.92. The highest BCUT2D eigenvalue weighted by atomic mass is 35.5. The van der Waals surface area contributed by atoms with Gasteiger partial charge in [0.25, 0.3) is 0 Å². The van der Waals surface area contributed by atoms with Crippen LogP contribution in [0, 0.1) is 18.2 Å². The lowest BCUT2D eigenvalue weighted by Gasteiger charge is -2.16. The summed E-state index contributed by atoms with van der Waals surface area (Å²) >= 11 is 12.3. The molecule has 3 aromatic rings. The standard InChI is InChI=1S/C24H26Cl2FN3O2/c1-15-9-22(28-23(31)12-24(2,3)4)29-30(15)13-17-10-18(25)6-8-21(17)32-14-16-5-7-19(27)11-20(16)26/h5-11H,12-14H2,1-4H3,(H,28,29,31). The zero-order chi connectivity index (χ0) is 23.5. The molecule has 170 valence electrons. The molecule has 0 unspecified atom stereocenters. The maximum atomic E-state index is 13.3. The lowest BCUT2D eigenvalue weighted by Crippen LogP contribution is -2.20. The quantitative estimate of drug-likeness (QED) is 0.414. The van der Waals surface area contributed by atoms with Gasteiger partial charge in [-0.15, -0.1) is 0 Å². The third-order valence-corrected chi connectivity index (χ3v) is 5.27. The van der Waals surface area contributed by atoms with Gasteiger partial charge < -0.3 is 10.1 Å². The van der Waals surface area contributed by atoms with Gasteiger partial charge >= 0.3 is 0 Å². The number of hydrogen-bond acceptors (Lipinski definition) is 3. The van der Waals surface area contributed by atoms with E-state index in [4.69, 9.17) is 27.9 Å². The van der Waals surface area contributed by atoms with Crippen LogP contribution in [0.3, 0.4) is 0 Å². The highest BCUT2D eigenvalue weighted by Gasteiger charge is 2.17. The predicted molar refractivity (Wildman–Crippen MR) is 126 cm³/mol. The summed E-state index contributed by atoms with van der Waals surface area (Å²) in [4.78, 5) is 12.2. The van der Waals surface area contributed by atoms with Crippen LogP contribution >= 0.6 is 23.2 Å². The molecule has 1 amide bonds. The Bertz CT molecular complexity index is 1120. The van der Waals surface area contributed by atoms with Crippen LogP contribution in [0.15, 0.2) is 42.5 Å². The minimum absolute atomic E-state index is 0.0786. The number of aryl methyl sites for hydroxylation is 1. The number of ether oxygens (including phenoxy) is 1. The number of nitrogens with one attached hydrogen (secondary N) is 1. The first kappa shape index (κ1) is 24.1. The molecule has 0 bridgehead atoms. The summed E-state index contributed by atoms with van der Waals surface area (Å²) in [5.41, 5.74) is 2.26. The Balaban J connectivity index is 1.75. The molecular formula is C24H26Cl2FN3O2. The summed E-state index contributed by atoms with van der Waals surface area (Å²) in [5.74, 6) is 0.637. The number of halogens is 3. The van der Waals surface area contributed by atoms with Crippen molar-refractivity contribution in [1.29, 1.82) is 0 Å². The Labute approximate surface area is 197 Å². The molecule has 0 spiro atoms. The largest absolute Gasteiger partial charge is 0.488 e. The zero-order valence-corrected chi connectivity index (χ0v) is 20.0. The van der Waals surface area contributed by atoms with E-state index in [9.17, 15) is 9.18 Å². The number of anilines is 1. The molecule has 2 aromatic carbocycles. The average Bonchev–Trinajstić information content (AvgIpc) is 2.99. The molecule has 1 aromatic heterocycles. The molecule has 3 rings (SSSR count). The second-order valence-electron chi connectivity index (χ2n) is 8.89. The number of nitrogens with zero attached hydrogens (tertiary/aromatic N) is 2. The highest BCUT2D eigenvalue weighted by Crippen LogP contribution is 2.27. The molecule has 0 aliphatic heterocycles. The minimum atomic E-state index is -0.398. The maximum Gasteiger partial charge on any atom is 0.226 e. The Morgan fingerprint density at radius 2 is 1.88 bits per heavy atom. The number of carbonyl (C=O) groups is 1. The summed E-state index contributed by atoms with van der Waals surface area (Å²) in [7, 11) is 0. The lowest BCUT2D eigenvalue weighted by molar-refractivity contribution is -0.117. The summed E-state index contributed by atoms with van der Waals surface area (Å²) in [6, 6.07) is 11.3. The van der Waals surface area contributed by atoms with E-state index in [-0.39, 0.29) is 17.9 Å². The maximum absolute atomic E-state index is 13.3. The molecule has 1 heterocycles. The Kier molecular flexibility index (Phi) is 7.47. The van der Waals surface area contributed by atoms with Gasteiger partial charge in [-0.05, 0) is 42.7 Å². The molecule has 0 saturated heterocycles. The summed E-state index contributed by atoms with van der Waals surface area (Å²) < 4.78 is 21.0. The van der Waals surface area contributed by atoms with Gasteiger partial charge in [-0.25, -0.2) is 4.39 Å². The van der Waals surface area contributed by atoms with E-state index in [0.717, 1.165) is 11.3 Å². The third-order valence-electron chi connectivity index (χ3n) is 4.68. The van der Waals surface area contributed by atoms with E-state index in [2.05, 4.69) is 10.4 Å². The van der Waals surface area contributed by atoms with E-state index in [1.807, 2.05) is 39.8 Å². The average molecular weight is 478 g/mol. The number of benzene rings is 2. The zero-order valence-electron chi connectivity index (χ0n) is 18.5. The van der Waals surface area contributed by atoms with Crippen LogP contribution in [0.1, 0.15) is 44.0 Å². The fourth-order valence-corrected chi connectivity index (χ4v) is 3.58. The van der Waals surface area contributed by atoms with E-state index < -0.39 is 5.82 Å². The number of carbonyl (C=O) groups excluding carboxylic acids is 1. The molecule has 0 atom stereocenters. The van der Waals surface area contributed by atoms with Gasteiger partial charge in [0.15, 0.2) is 5.82 Å². The predicted octanol–water partition coefficient (Wildman–Crippen LogP) is 6.64. The molecule has 0 aliphatic carbocycles. The van der Waals surface area contributed by atoms with Crippen LogP contribution in [0.4, 0.5) is 10.2 Å². The van der Waals surface area contributed by atoms with Crippen LogP contribution < -0.4 is 10.1 Å². The number of rotatable bonds is 7. The fraction of sp³-hybridized carbons (Fsp3) is 0.333. The van der Waals surface area contributed by atoms with E-state index in [0.29, 0.717) is 40.1 Å². The molecule has 32 heavy (non-hydrogen) atoms. The van der Waals surface area contributed by atoms with E-state index >= 15 is 0 Å². The molecule has 0 aliphatic rings. The van der Waals surface area contributed by atoms with Crippen molar-refractivity contribution in [3.63, 3.8) is 0 Å². The molecule has 5 nitrogen and oxygen atoms in total. The van der Waals surface area contributed by atoms with Crippen molar-refractivity contribution in [3.05, 3.63) is 75.1 Å². The van der Waals surface area contributed by atoms with Gasteiger partial charge in [0, 0.05) is 34.3 Å². The smallest absolute Gasteiger partial charge is 0.226 e. The number of hydrogen-bond donors (Lipinski definition) is 1. The second kappa shape index (κ2) is 9.92. The topological polar surface area (TPSA) is 56.2 Å². The Morgan fingerprint density at radius 3 is 2.56 bits per heavy atom. The van der Waals surface area contributed by atoms with Crippen molar-refractivity contribution in [2.45, 2.75) is 47.3 Å².